The van der Waals surface area contributed by atoms with Crippen LogP contribution in [0.1, 0.15) is 11.1 Å². The van der Waals surface area contributed by atoms with Crippen molar-refractivity contribution in [1.29, 1.82) is 5.26 Å². The third-order valence-electron chi connectivity index (χ3n) is 5.66. The van der Waals surface area contributed by atoms with Gasteiger partial charge in [-0.1, -0.05) is 11.6 Å². The number of H-pyrrole nitrogens is 1. The third kappa shape index (κ3) is 3.67. The lowest BCUT2D eigenvalue weighted by molar-refractivity contribution is -0.345. The number of hydrogen-bond donors (Lipinski definition) is 4. The van der Waals surface area contributed by atoms with Crippen LogP contribution < -0.4 is 31.0 Å². The van der Waals surface area contributed by atoms with E-state index in [1.165, 1.54) is 12.0 Å². The molecule has 0 spiro atoms. The van der Waals surface area contributed by atoms with Gasteiger partial charge in [0.1, 0.15) is 29.0 Å². The van der Waals surface area contributed by atoms with Gasteiger partial charge in [0, 0.05) is 10.9 Å². The number of nitrogens with zero attached hydrogens (tertiary/aromatic N) is 4. The Hall–Kier alpha value is -3.85. The van der Waals surface area contributed by atoms with Crippen molar-refractivity contribution in [3.05, 3.63) is 34.3 Å². The summed E-state index contributed by atoms with van der Waals surface area (Å²) in [6.45, 7) is -0.126. The average molecular weight is 485 g/mol. The summed E-state index contributed by atoms with van der Waals surface area (Å²) in [5, 5.41) is 30.1. The largest absolute Gasteiger partial charge is 0.495 e. The van der Waals surface area contributed by atoms with Crippen molar-refractivity contribution >= 4 is 57.2 Å². The van der Waals surface area contributed by atoms with Crippen LogP contribution in [0.5, 0.6) is 5.75 Å². The number of rotatable bonds is 7. The molecule has 0 saturated carbocycles. The fourth-order valence-corrected chi connectivity index (χ4v) is 4.48. The Bertz CT molecular complexity index is 1340. The van der Waals surface area contributed by atoms with Gasteiger partial charge in [-0.05, 0) is 18.2 Å². The Morgan fingerprint density at radius 2 is 2.00 bits per heavy atom. The maximum absolute atomic E-state index is 13.1. The zero-order valence-corrected chi connectivity index (χ0v) is 19.1. The van der Waals surface area contributed by atoms with Gasteiger partial charge in [-0.25, -0.2) is 9.97 Å². The number of halogens is 1. The van der Waals surface area contributed by atoms with Crippen LogP contribution in [0, 0.1) is 11.3 Å². The van der Waals surface area contributed by atoms with E-state index in [2.05, 4.69) is 16.0 Å². The summed E-state index contributed by atoms with van der Waals surface area (Å²) in [6.07, 6.45) is -0.0413. The summed E-state index contributed by atoms with van der Waals surface area (Å²) >= 11 is 6.27. The van der Waals surface area contributed by atoms with Gasteiger partial charge in [0.25, 0.3) is 0 Å². The van der Waals surface area contributed by atoms with Gasteiger partial charge in [-0.2, -0.15) is 5.26 Å². The molecule has 34 heavy (non-hydrogen) atoms. The number of hydrogen-bond acceptors (Lipinski definition) is 9. The topological polar surface area (TPSA) is 176 Å². The molecule has 11 nitrogen and oxygen atoms in total. The summed E-state index contributed by atoms with van der Waals surface area (Å²) < 4.78 is 5.19. The monoisotopic (exact) mass is 484 g/mol. The molecule has 1 aliphatic heterocycles. The van der Waals surface area contributed by atoms with E-state index in [0.717, 1.165) is 0 Å². The number of nitrogen functional groups attached to an aromatic ring is 2. The van der Waals surface area contributed by atoms with E-state index in [1.807, 2.05) is 0 Å². The molecule has 1 aromatic carbocycles. The van der Waals surface area contributed by atoms with E-state index in [0.29, 0.717) is 38.6 Å². The first-order chi connectivity index (χ1) is 16.4. The van der Waals surface area contributed by atoms with Crippen LogP contribution in [0.4, 0.5) is 29.0 Å². The van der Waals surface area contributed by atoms with Crippen LogP contribution in [-0.2, 0) is 11.2 Å². The number of amides is 1. The molecule has 4 rings (SSSR count). The normalized spacial score (nSPS) is 12.7. The number of benzene rings is 1. The van der Waals surface area contributed by atoms with Gasteiger partial charge in [0.2, 0.25) is 17.5 Å². The third-order valence-corrected chi connectivity index (χ3v) is 5.96. The minimum Gasteiger partial charge on any atom is -0.495 e. The Kier molecular flexibility index (Phi) is 6.30. The predicted octanol–water partition coefficient (Wildman–Crippen LogP) is 0.759. The Morgan fingerprint density at radius 1 is 1.29 bits per heavy atom. The lowest BCUT2D eigenvalue weighted by Gasteiger charge is -2.21. The van der Waals surface area contributed by atoms with Crippen molar-refractivity contribution < 1.29 is 24.7 Å². The first-order valence-corrected chi connectivity index (χ1v) is 10.7. The number of nitrogens with two attached hydrogens (primary N) is 2. The highest BCUT2D eigenvalue weighted by atomic mass is 35.5. The zero-order valence-electron chi connectivity index (χ0n) is 18.3. The van der Waals surface area contributed by atoms with E-state index >= 15 is 0 Å². The van der Waals surface area contributed by atoms with Crippen molar-refractivity contribution in [3.63, 3.8) is 0 Å². The highest BCUT2D eigenvalue weighted by Gasteiger charge is 2.36. The van der Waals surface area contributed by atoms with Crippen LogP contribution in [0.2, 0.25) is 5.02 Å². The van der Waals surface area contributed by atoms with Gasteiger partial charge in [0.05, 0.1) is 55.9 Å². The highest BCUT2D eigenvalue weighted by molar-refractivity contribution is 6.32. The molecular weight excluding hydrogens is 462 g/mol. The van der Waals surface area contributed by atoms with Crippen LogP contribution in [0.25, 0.3) is 10.8 Å². The molecule has 3 aromatic rings. The lowest BCUT2D eigenvalue weighted by Crippen LogP contribution is -2.36. The van der Waals surface area contributed by atoms with E-state index in [-0.39, 0.29) is 61.6 Å². The fraction of sp³-hybridized carbons (Fsp3) is 0.273. The molecule has 3 heterocycles. The molecule has 12 heteroatoms. The maximum Gasteiger partial charge on any atom is 0.240 e. The SMILES string of the molecule is COc1ccc(N2C(=O)Cc3c2nc(N)c2c(N)[nH+]c(N(CCO)CCO)c(C#N)c32)cc1Cl. The van der Waals surface area contributed by atoms with Crippen LogP contribution >= 0.6 is 11.6 Å². The van der Waals surface area contributed by atoms with Crippen LogP contribution in [-0.4, -0.2) is 54.5 Å². The number of aromatic nitrogens is 2. The molecule has 0 unspecified atom stereocenters. The highest BCUT2D eigenvalue weighted by Crippen LogP contribution is 2.44. The average Bonchev–Trinajstić information content (AvgIpc) is 3.14. The summed E-state index contributed by atoms with van der Waals surface area (Å²) in [7, 11) is 1.49. The van der Waals surface area contributed by atoms with Crippen molar-refractivity contribution in [2.75, 3.05) is 54.7 Å². The first kappa shape index (κ1) is 23.3. The minimum atomic E-state index is -0.282. The second kappa shape index (κ2) is 9.18. The second-order valence-electron chi connectivity index (χ2n) is 7.58. The minimum absolute atomic E-state index is 0.0413. The van der Waals surface area contributed by atoms with Crippen LogP contribution in [0.3, 0.4) is 0 Å². The van der Waals surface area contributed by atoms with Crippen molar-refractivity contribution in [2.45, 2.75) is 6.42 Å². The lowest BCUT2D eigenvalue weighted by atomic mass is 10.0. The number of aromatic amines is 1. The number of nitriles is 1. The Balaban J connectivity index is 2.00. The summed E-state index contributed by atoms with van der Waals surface area (Å²) in [4.78, 5) is 23.5. The molecule has 1 aliphatic rings. The molecule has 0 fully saturated rings. The number of fused-ring (bicyclic) bond motifs is 3. The maximum atomic E-state index is 13.1. The van der Waals surface area contributed by atoms with Crippen molar-refractivity contribution in [1.82, 2.24) is 4.98 Å². The second-order valence-corrected chi connectivity index (χ2v) is 7.99. The molecule has 0 saturated heterocycles. The van der Waals surface area contributed by atoms with E-state index in [4.69, 9.17) is 27.8 Å². The van der Waals surface area contributed by atoms with Gasteiger partial charge in [0.15, 0.2) is 0 Å². The van der Waals surface area contributed by atoms with Crippen molar-refractivity contribution in [2.24, 2.45) is 0 Å². The Morgan fingerprint density at radius 3 is 2.59 bits per heavy atom. The number of methoxy groups -OCH3 is 1. The van der Waals surface area contributed by atoms with E-state index in [9.17, 15) is 20.3 Å². The fourth-order valence-electron chi connectivity index (χ4n) is 4.23. The van der Waals surface area contributed by atoms with Gasteiger partial charge >= 0.3 is 0 Å². The summed E-state index contributed by atoms with van der Waals surface area (Å²) in [5.74, 6) is 0.949. The molecule has 1 amide bonds. The standard InChI is InChI=1S/C22H22ClN7O4/c1-34-15-3-2-11(8-14(15)23)30-16(33)9-12-17-13(10-24)21(29(4-6-31)5-7-32)27-19(25)18(17)20(26)28-22(12)30/h2-3,8,31-32H,4-7,9H2,1H3,(H2,25,27)(H2,26,28)/p+1. The number of nitrogens with one attached hydrogen (secondary N) is 1. The summed E-state index contributed by atoms with van der Waals surface area (Å²) in [6, 6.07) is 7.07. The predicted molar refractivity (Wildman–Crippen MR) is 127 cm³/mol. The zero-order chi connectivity index (χ0) is 24.6. The van der Waals surface area contributed by atoms with Crippen LogP contribution in [0.15, 0.2) is 18.2 Å². The van der Waals surface area contributed by atoms with Gasteiger partial charge in [-0.3, -0.25) is 14.6 Å². The number of aliphatic hydroxyl groups excluding tert-OH is 2. The molecular formula is C22H23ClN7O4+. The van der Waals surface area contributed by atoms with Gasteiger partial charge < -0.3 is 26.4 Å². The van der Waals surface area contributed by atoms with E-state index < -0.39 is 0 Å². The molecule has 0 bridgehead atoms. The molecule has 176 valence electrons. The van der Waals surface area contributed by atoms with E-state index in [1.54, 1.807) is 23.1 Å². The first-order valence-electron chi connectivity index (χ1n) is 10.4. The number of carbonyl (C=O) groups excluding carboxylic acids is 1. The molecule has 2 aromatic heterocycles. The van der Waals surface area contributed by atoms with Crippen molar-refractivity contribution in [3.8, 4) is 11.8 Å². The summed E-state index contributed by atoms with van der Waals surface area (Å²) in [5.41, 5.74) is 13.7. The number of pyridine rings is 2. The molecule has 0 radical (unpaired) electrons. The Labute approximate surface area is 199 Å². The number of anilines is 5. The molecule has 0 atom stereocenters. The number of ether oxygens (including phenoxy) is 1. The number of aliphatic hydroxyl groups is 2. The molecule has 0 aliphatic carbocycles. The quantitative estimate of drug-likeness (QED) is 0.377. The molecule has 7 N–H and O–H groups in total. The smallest absolute Gasteiger partial charge is 0.240 e. The van der Waals surface area contributed by atoms with Gasteiger partial charge in [-0.15, -0.1) is 0 Å². The number of carbonyl (C=O) groups is 1.